The number of thiophene rings is 1. The number of carbonyl (C=O) groups excluding carboxylic acids is 1. The lowest BCUT2D eigenvalue weighted by atomic mass is 10.1. The monoisotopic (exact) mass is 420 g/mol. The summed E-state index contributed by atoms with van der Waals surface area (Å²) in [6, 6.07) is 10.6. The van der Waals surface area contributed by atoms with Crippen molar-refractivity contribution < 1.29 is 4.79 Å². The summed E-state index contributed by atoms with van der Waals surface area (Å²) in [6.45, 7) is 8.58. The molecule has 1 aliphatic heterocycles. The summed E-state index contributed by atoms with van der Waals surface area (Å²) in [6.07, 6.45) is 3.38. The van der Waals surface area contributed by atoms with Crippen LogP contribution in [0.4, 0.5) is 0 Å². The molecular formula is C24H28N4OS. The van der Waals surface area contributed by atoms with Crippen LogP contribution in [-0.4, -0.2) is 51.9 Å². The van der Waals surface area contributed by atoms with Gasteiger partial charge < -0.3 is 4.90 Å². The Kier molecular flexibility index (Phi) is 5.29. The third kappa shape index (κ3) is 3.86. The van der Waals surface area contributed by atoms with Crippen molar-refractivity contribution in [3.8, 4) is 0 Å². The topological polar surface area (TPSA) is 49.3 Å². The Morgan fingerprint density at radius 1 is 1.07 bits per heavy atom. The van der Waals surface area contributed by atoms with Crippen LogP contribution in [0.3, 0.4) is 0 Å². The molecule has 0 unspecified atom stereocenters. The SMILES string of the molecule is Cc1nc(C2CC2)nc2sc(C(=O)N3CCCN(Cc4ccccc4)CC3)c(C)c12. The lowest BCUT2D eigenvalue weighted by molar-refractivity contribution is 0.0765. The number of nitrogens with zero attached hydrogens (tertiary/aromatic N) is 4. The molecule has 1 saturated carbocycles. The number of hydrogen-bond donors (Lipinski definition) is 0. The van der Waals surface area contributed by atoms with Gasteiger partial charge in [-0.1, -0.05) is 30.3 Å². The first kappa shape index (κ1) is 19.6. The van der Waals surface area contributed by atoms with Crippen LogP contribution in [0, 0.1) is 13.8 Å². The molecule has 156 valence electrons. The zero-order valence-corrected chi connectivity index (χ0v) is 18.5. The summed E-state index contributed by atoms with van der Waals surface area (Å²) in [5.74, 6) is 1.65. The molecule has 2 aromatic heterocycles. The first-order valence-corrected chi connectivity index (χ1v) is 11.7. The van der Waals surface area contributed by atoms with Gasteiger partial charge in [0.1, 0.15) is 10.7 Å². The van der Waals surface area contributed by atoms with Crippen LogP contribution in [-0.2, 0) is 6.54 Å². The molecule has 6 heteroatoms. The highest BCUT2D eigenvalue weighted by Gasteiger charge is 2.29. The molecule has 0 bridgehead atoms. The van der Waals surface area contributed by atoms with Crippen LogP contribution in [0.25, 0.3) is 10.2 Å². The molecule has 0 atom stereocenters. The Bertz CT molecular complexity index is 1070. The quantitative estimate of drug-likeness (QED) is 0.622. The maximum absolute atomic E-state index is 13.4. The maximum Gasteiger partial charge on any atom is 0.264 e. The minimum atomic E-state index is 0.157. The van der Waals surface area contributed by atoms with Gasteiger partial charge in [0.05, 0.1) is 10.6 Å². The Balaban J connectivity index is 1.33. The maximum atomic E-state index is 13.4. The first-order chi connectivity index (χ1) is 14.6. The van der Waals surface area contributed by atoms with Crippen LogP contribution >= 0.6 is 11.3 Å². The standard InChI is InChI=1S/C24H28N4OS/c1-16-20-17(2)25-22(19-9-10-19)26-23(20)30-21(16)24(29)28-12-6-11-27(13-14-28)15-18-7-4-3-5-8-18/h3-5,7-8,19H,6,9-15H2,1-2H3. The Morgan fingerprint density at radius 2 is 1.87 bits per heavy atom. The van der Waals surface area contributed by atoms with E-state index >= 15 is 0 Å². The van der Waals surface area contributed by atoms with Gasteiger partial charge in [-0.25, -0.2) is 9.97 Å². The second-order valence-electron chi connectivity index (χ2n) is 8.59. The molecule has 30 heavy (non-hydrogen) atoms. The Labute approximate surface area is 181 Å². The number of amides is 1. The molecule has 5 nitrogen and oxygen atoms in total. The van der Waals surface area contributed by atoms with Crippen LogP contribution in [0.15, 0.2) is 30.3 Å². The van der Waals surface area contributed by atoms with E-state index in [2.05, 4.69) is 49.1 Å². The van der Waals surface area contributed by atoms with Gasteiger partial charge in [-0.3, -0.25) is 9.69 Å². The highest BCUT2D eigenvalue weighted by molar-refractivity contribution is 7.20. The molecule has 3 heterocycles. The minimum absolute atomic E-state index is 0.157. The lowest BCUT2D eigenvalue weighted by Gasteiger charge is -2.22. The van der Waals surface area contributed by atoms with Gasteiger partial charge in [-0.2, -0.15) is 0 Å². The smallest absolute Gasteiger partial charge is 0.264 e. The number of hydrogen-bond acceptors (Lipinski definition) is 5. The summed E-state index contributed by atoms with van der Waals surface area (Å²) in [5, 5.41) is 1.08. The van der Waals surface area contributed by atoms with E-state index in [9.17, 15) is 4.79 Å². The van der Waals surface area contributed by atoms with Crippen LogP contribution in [0.2, 0.25) is 0 Å². The van der Waals surface area contributed by atoms with E-state index < -0.39 is 0 Å². The van der Waals surface area contributed by atoms with Crippen molar-refractivity contribution in [1.82, 2.24) is 19.8 Å². The van der Waals surface area contributed by atoms with Crippen molar-refractivity contribution in [2.24, 2.45) is 0 Å². The molecule has 1 aliphatic carbocycles. The van der Waals surface area contributed by atoms with Crippen LogP contribution < -0.4 is 0 Å². The van der Waals surface area contributed by atoms with E-state index in [1.165, 1.54) is 18.4 Å². The zero-order valence-electron chi connectivity index (χ0n) is 17.7. The van der Waals surface area contributed by atoms with Gasteiger partial charge in [0.2, 0.25) is 0 Å². The van der Waals surface area contributed by atoms with E-state index in [0.29, 0.717) is 5.92 Å². The summed E-state index contributed by atoms with van der Waals surface area (Å²) < 4.78 is 0. The predicted molar refractivity (Wildman–Crippen MR) is 121 cm³/mol. The average molecular weight is 421 g/mol. The number of aryl methyl sites for hydroxylation is 2. The number of aromatic nitrogens is 2. The molecule has 2 fully saturated rings. The molecule has 2 aliphatic rings. The van der Waals surface area contributed by atoms with E-state index in [1.807, 2.05) is 4.90 Å². The summed E-state index contributed by atoms with van der Waals surface area (Å²) in [4.78, 5) is 29.3. The van der Waals surface area contributed by atoms with Crippen LogP contribution in [0.1, 0.15) is 57.5 Å². The summed E-state index contributed by atoms with van der Waals surface area (Å²) >= 11 is 1.55. The molecule has 0 spiro atoms. The fourth-order valence-corrected chi connectivity index (χ4v) is 5.61. The van der Waals surface area contributed by atoms with Crippen molar-refractivity contribution in [2.75, 3.05) is 26.2 Å². The normalized spacial score (nSPS) is 18.0. The highest BCUT2D eigenvalue weighted by atomic mass is 32.1. The molecule has 3 aromatic rings. The number of fused-ring (bicyclic) bond motifs is 1. The van der Waals surface area contributed by atoms with E-state index in [4.69, 9.17) is 9.97 Å². The van der Waals surface area contributed by atoms with Crippen molar-refractivity contribution in [3.63, 3.8) is 0 Å². The van der Waals surface area contributed by atoms with Gasteiger partial charge in [0.15, 0.2) is 0 Å². The van der Waals surface area contributed by atoms with Gasteiger partial charge in [-0.05, 0) is 44.2 Å². The first-order valence-electron chi connectivity index (χ1n) is 10.9. The molecule has 0 N–H and O–H groups in total. The van der Waals surface area contributed by atoms with Gasteiger partial charge in [0, 0.05) is 44.0 Å². The van der Waals surface area contributed by atoms with E-state index in [1.54, 1.807) is 11.3 Å². The Hall–Kier alpha value is -2.31. The predicted octanol–water partition coefficient (Wildman–Crippen LogP) is 4.53. The third-order valence-corrected chi connectivity index (χ3v) is 7.42. The molecule has 1 amide bonds. The van der Waals surface area contributed by atoms with E-state index in [0.717, 1.165) is 71.3 Å². The van der Waals surface area contributed by atoms with Gasteiger partial charge in [0.25, 0.3) is 5.91 Å². The summed E-state index contributed by atoms with van der Waals surface area (Å²) in [5.41, 5.74) is 3.39. The molecule has 1 saturated heterocycles. The Morgan fingerprint density at radius 3 is 2.63 bits per heavy atom. The second kappa shape index (κ2) is 8.08. The second-order valence-corrected chi connectivity index (χ2v) is 9.58. The number of rotatable bonds is 4. The molecule has 0 radical (unpaired) electrons. The average Bonchev–Trinajstić information content (AvgIpc) is 3.56. The van der Waals surface area contributed by atoms with Gasteiger partial charge in [-0.15, -0.1) is 11.3 Å². The largest absolute Gasteiger partial charge is 0.337 e. The molecule has 5 rings (SSSR count). The third-order valence-electron chi connectivity index (χ3n) is 6.25. The minimum Gasteiger partial charge on any atom is -0.337 e. The van der Waals surface area contributed by atoms with Crippen molar-refractivity contribution in [2.45, 2.75) is 45.6 Å². The zero-order chi connectivity index (χ0) is 20.7. The highest BCUT2D eigenvalue weighted by Crippen LogP contribution is 2.40. The lowest BCUT2D eigenvalue weighted by Crippen LogP contribution is -2.35. The van der Waals surface area contributed by atoms with Gasteiger partial charge >= 0.3 is 0 Å². The van der Waals surface area contributed by atoms with Crippen LogP contribution in [0.5, 0.6) is 0 Å². The fraction of sp³-hybridized carbons (Fsp3) is 0.458. The molecular weight excluding hydrogens is 392 g/mol. The molecule has 1 aromatic carbocycles. The number of carbonyl (C=O) groups is 1. The fourth-order valence-electron chi connectivity index (χ4n) is 4.41. The van der Waals surface area contributed by atoms with Crippen molar-refractivity contribution in [1.29, 1.82) is 0 Å². The van der Waals surface area contributed by atoms with Crippen molar-refractivity contribution >= 4 is 27.5 Å². The summed E-state index contributed by atoms with van der Waals surface area (Å²) in [7, 11) is 0. The van der Waals surface area contributed by atoms with Crippen molar-refractivity contribution in [3.05, 3.63) is 57.9 Å². The van der Waals surface area contributed by atoms with E-state index in [-0.39, 0.29) is 5.91 Å². The number of benzene rings is 1.